The van der Waals surface area contributed by atoms with Gasteiger partial charge in [-0.3, -0.25) is 4.98 Å². The van der Waals surface area contributed by atoms with Gasteiger partial charge in [0.25, 0.3) is 0 Å². The first-order valence-electron chi connectivity index (χ1n) is 4.41. The number of nitriles is 1. The Morgan fingerprint density at radius 1 is 1.07 bits per heavy atom. The van der Waals surface area contributed by atoms with E-state index in [1.165, 1.54) is 12.1 Å². The highest BCUT2D eigenvalue weighted by atomic mass is 19.1. The van der Waals surface area contributed by atoms with Gasteiger partial charge < -0.3 is 0 Å². The molecule has 0 unspecified atom stereocenters. The highest BCUT2D eigenvalue weighted by Crippen LogP contribution is 2.20. The summed E-state index contributed by atoms with van der Waals surface area (Å²) in [5, 5.41) is 8.69. The quantitative estimate of drug-likeness (QED) is 0.706. The number of nitrogens with zero attached hydrogens (tertiary/aromatic N) is 2. The standard InChI is InChI=1S/C12H7FN2/c13-12-2-1-10(7-11(12)8-14)9-3-5-15-6-4-9/h1-7H. The fourth-order valence-corrected chi connectivity index (χ4v) is 1.33. The number of aromatic nitrogens is 1. The van der Waals surface area contributed by atoms with Gasteiger partial charge in [-0.05, 0) is 35.4 Å². The molecule has 1 aromatic heterocycles. The third-order valence-corrected chi connectivity index (χ3v) is 2.10. The highest BCUT2D eigenvalue weighted by molar-refractivity contribution is 5.64. The average Bonchev–Trinajstić information content (AvgIpc) is 2.31. The van der Waals surface area contributed by atoms with Crippen molar-refractivity contribution >= 4 is 0 Å². The number of halogens is 1. The lowest BCUT2D eigenvalue weighted by atomic mass is 10.0. The second kappa shape index (κ2) is 3.89. The van der Waals surface area contributed by atoms with Crippen molar-refractivity contribution in [2.24, 2.45) is 0 Å². The summed E-state index contributed by atoms with van der Waals surface area (Å²) in [7, 11) is 0. The van der Waals surface area contributed by atoms with E-state index in [-0.39, 0.29) is 5.56 Å². The van der Waals surface area contributed by atoms with Crippen LogP contribution in [0.1, 0.15) is 5.56 Å². The number of hydrogen-bond donors (Lipinski definition) is 0. The van der Waals surface area contributed by atoms with Crippen molar-refractivity contribution in [3.63, 3.8) is 0 Å². The molecule has 0 radical (unpaired) electrons. The molecule has 0 N–H and O–H groups in total. The van der Waals surface area contributed by atoms with E-state index in [2.05, 4.69) is 4.98 Å². The average molecular weight is 198 g/mol. The Kier molecular flexibility index (Phi) is 2.42. The molecule has 0 aliphatic rings. The largest absolute Gasteiger partial charge is 0.265 e. The van der Waals surface area contributed by atoms with Crippen LogP contribution in [0, 0.1) is 17.1 Å². The summed E-state index contributed by atoms with van der Waals surface area (Å²) < 4.78 is 13.1. The number of hydrogen-bond acceptors (Lipinski definition) is 2. The topological polar surface area (TPSA) is 36.7 Å². The molecule has 0 aliphatic carbocycles. The Labute approximate surface area is 86.6 Å². The maximum atomic E-state index is 13.1. The van der Waals surface area contributed by atoms with Gasteiger partial charge in [-0.1, -0.05) is 6.07 Å². The lowest BCUT2D eigenvalue weighted by molar-refractivity contribution is 0.624. The highest BCUT2D eigenvalue weighted by Gasteiger charge is 2.03. The number of rotatable bonds is 1. The molecule has 1 aromatic carbocycles. The second-order valence-electron chi connectivity index (χ2n) is 3.04. The van der Waals surface area contributed by atoms with E-state index in [4.69, 9.17) is 5.26 Å². The lowest BCUT2D eigenvalue weighted by Gasteiger charge is -2.01. The molecule has 1 heterocycles. The van der Waals surface area contributed by atoms with Crippen LogP contribution < -0.4 is 0 Å². The van der Waals surface area contributed by atoms with Gasteiger partial charge in [0.1, 0.15) is 11.9 Å². The normalized spacial score (nSPS) is 9.60. The molecule has 2 rings (SSSR count). The first-order valence-corrected chi connectivity index (χ1v) is 4.41. The number of pyridine rings is 1. The van der Waals surface area contributed by atoms with Crippen LogP contribution in [0.2, 0.25) is 0 Å². The van der Waals surface area contributed by atoms with Crippen molar-refractivity contribution in [1.29, 1.82) is 5.26 Å². The molecule has 0 amide bonds. The monoisotopic (exact) mass is 198 g/mol. The van der Waals surface area contributed by atoms with Crippen LogP contribution in [0.25, 0.3) is 11.1 Å². The molecule has 0 saturated heterocycles. The Morgan fingerprint density at radius 3 is 2.47 bits per heavy atom. The van der Waals surface area contributed by atoms with Crippen LogP contribution in [-0.4, -0.2) is 4.98 Å². The van der Waals surface area contributed by atoms with E-state index in [9.17, 15) is 4.39 Å². The summed E-state index contributed by atoms with van der Waals surface area (Å²) in [4.78, 5) is 3.89. The van der Waals surface area contributed by atoms with Crippen LogP contribution in [0.4, 0.5) is 4.39 Å². The van der Waals surface area contributed by atoms with Gasteiger partial charge in [0.2, 0.25) is 0 Å². The van der Waals surface area contributed by atoms with E-state index in [0.717, 1.165) is 11.1 Å². The van der Waals surface area contributed by atoms with E-state index < -0.39 is 5.82 Å². The van der Waals surface area contributed by atoms with Crippen LogP contribution in [0.15, 0.2) is 42.7 Å². The molecule has 0 atom stereocenters. The molecular weight excluding hydrogens is 191 g/mol. The van der Waals surface area contributed by atoms with Gasteiger partial charge in [-0.2, -0.15) is 5.26 Å². The minimum Gasteiger partial charge on any atom is -0.265 e. The maximum Gasteiger partial charge on any atom is 0.140 e. The summed E-state index contributed by atoms with van der Waals surface area (Å²) in [5.41, 5.74) is 1.79. The summed E-state index contributed by atoms with van der Waals surface area (Å²) in [5.74, 6) is -0.490. The third kappa shape index (κ3) is 1.84. The fourth-order valence-electron chi connectivity index (χ4n) is 1.33. The molecule has 2 nitrogen and oxygen atoms in total. The van der Waals surface area contributed by atoms with E-state index in [1.807, 2.05) is 18.2 Å². The first kappa shape index (κ1) is 9.35. The zero-order valence-corrected chi connectivity index (χ0v) is 7.81. The molecular formula is C12H7FN2. The van der Waals surface area contributed by atoms with Crippen LogP contribution in [0.5, 0.6) is 0 Å². The zero-order chi connectivity index (χ0) is 10.7. The molecule has 72 valence electrons. The van der Waals surface area contributed by atoms with Crippen LogP contribution >= 0.6 is 0 Å². The molecule has 3 heteroatoms. The summed E-state index contributed by atoms with van der Waals surface area (Å²) >= 11 is 0. The summed E-state index contributed by atoms with van der Waals surface area (Å²) in [6.07, 6.45) is 3.31. The van der Waals surface area contributed by atoms with Gasteiger partial charge in [0.05, 0.1) is 5.56 Å². The smallest absolute Gasteiger partial charge is 0.140 e. The molecule has 15 heavy (non-hydrogen) atoms. The Balaban J connectivity index is 2.52. The Bertz CT molecular complexity index is 515. The van der Waals surface area contributed by atoms with Crippen molar-refractivity contribution < 1.29 is 4.39 Å². The van der Waals surface area contributed by atoms with Crippen molar-refractivity contribution in [3.8, 4) is 17.2 Å². The predicted octanol–water partition coefficient (Wildman–Crippen LogP) is 2.76. The van der Waals surface area contributed by atoms with Crippen molar-refractivity contribution in [2.75, 3.05) is 0 Å². The zero-order valence-electron chi connectivity index (χ0n) is 7.81. The molecule has 0 bridgehead atoms. The van der Waals surface area contributed by atoms with Crippen molar-refractivity contribution in [3.05, 3.63) is 54.1 Å². The van der Waals surface area contributed by atoms with Crippen molar-refractivity contribution in [2.45, 2.75) is 0 Å². The first-order chi connectivity index (χ1) is 7.31. The maximum absolute atomic E-state index is 13.1. The van der Waals surface area contributed by atoms with Gasteiger partial charge >= 0.3 is 0 Å². The minimum atomic E-state index is -0.490. The Hall–Kier alpha value is -2.21. The van der Waals surface area contributed by atoms with Crippen molar-refractivity contribution in [1.82, 2.24) is 4.98 Å². The predicted molar refractivity (Wildman–Crippen MR) is 54.3 cm³/mol. The van der Waals surface area contributed by atoms with Crippen LogP contribution in [0.3, 0.4) is 0 Å². The van der Waals surface area contributed by atoms with Gasteiger partial charge in [0.15, 0.2) is 0 Å². The van der Waals surface area contributed by atoms with E-state index >= 15 is 0 Å². The Morgan fingerprint density at radius 2 is 1.80 bits per heavy atom. The molecule has 2 aromatic rings. The van der Waals surface area contributed by atoms with E-state index in [1.54, 1.807) is 18.5 Å². The van der Waals surface area contributed by atoms with Gasteiger partial charge in [0, 0.05) is 12.4 Å². The second-order valence-corrected chi connectivity index (χ2v) is 3.04. The molecule has 0 spiro atoms. The lowest BCUT2D eigenvalue weighted by Crippen LogP contribution is -1.85. The molecule has 0 aliphatic heterocycles. The van der Waals surface area contributed by atoms with E-state index in [0.29, 0.717) is 0 Å². The fraction of sp³-hybridized carbons (Fsp3) is 0. The van der Waals surface area contributed by atoms with Crippen LogP contribution in [-0.2, 0) is 0 Å². The third-order valence-electron chi connectivity index (χ3n) is 2.10. The molecule has 0 saturated carbocycles. The SMILES string of the molecule is N#Cc1cc(-c2ccncc2)ccc1F. The van der Waals surface area contributed by atoms with Gasteiger partial charge in [-0.25, -0.2) is 4.39 Å². The number of benzene rings is 1. The molecule has 0 fully saturated rings. The summed E-state index contributed by atoms with van der Waals surface area (Å²) in [6, 6.07) is 9.92. The summed E-state index contributed by atoms with van der Waals surface area (Å²) in [6.45, 7) is 0. The minimum absolute atomic E-state index is 0.0595. The van der Waals surface area contributed by atoms with Gasteiger partial charge in [-0.15, -0.1) is 0 Å².